The first-order valence-corrected chi connectivity index (χ1v) is 10.7. The molecular weight excluding hydrogens is 388 g/mol. The summed E-state index contributed by atoms with van der Waals surface area (Å²) in [5, 5.41) is 5.05. The Hall–Kier alpha value is -2.22. The van der Waals surface area contributed by atoms with Gasteiger partial charge in [0.1, 0.15) is 5.65 Å². The standard InChI is InChI=1S/C21H25ClN6O/c22-18-11-25-21(27-19(18)17-10-24-20-16(17)2-1-6-23-20)26-15-3-7-28(13-15)12-14-4-8-29-9-5-14/h1-2,6,10-11,14-15H,3-5,7-9,12-13H2,(H,23,24)(H,25,26,27)/t15-/m1/s1. The predicted octanol–water partition coefficient (Wildman–Crippen LogP) is 3.59. The van der Waals surface area contributed by atoms with Crippen molar-refractivity contribution >= 4 is 28.6 Å². The number of fused-ring (bicyclic) bond motifs is 1. The van der Waals surface area contributed by atoms with Crippen molar-refractivity contribution in [3.05, 3.63) is 35.7 Å². The largest absolute Gasteiger partial charge is 0.381 e. The van der Waals surface area contributed by atoms with Crippen molar-refractivity contribution in [2.24, 2.45) is 5.92 Å². The molecule has 2 aliphatic heterocycles. The van der Waals surface area contributed by atoms with Crippen molar-refractivity contribution in [1.82, 2.24) is 24.8 Å². The van der Waals surface area contributed by atoms with Crippen LogP contribution in [0.5, 0.6) is 0 Å². The lowest BCUT2D eigenvalue weighted by Gasteiger charge is -2.27. The third-order valence-corrected chi connectivity index (χ3v) is 6.19. The first-order chi connectivity index (χ1) is 14.3. The Bertz CT molecular complexity index is 986. The Morgan fingerprint density at radius 3 is 3.03 bits per heavy atom. The van der Waals surface area contributed by atoms with E-state index in [1.807, 2.05) is 18.3 Å². The fourth-order valence-corrected chi connectivity index (χ4v) is 4.56. The number of likely N-dealkylation sites (tertiary alicyclic amines) is 1. The van der Waals surface area contributed by atoms with Crippen LogP contribution in [0.3, 0.4) is 0 Å². The van der Waals surface area contributed by atoms with Gasteiger partial charge in [0.05, 0.1) is 16.9 Å². The molecule has 3 aromatic rings. The zero-order chi connectivity index (χ0) is 19.6. The zero-order valence-corrected chi connectivity index (χ0v) is 17.0. The Morgan fingerprint density at radius 1 is 1.24 bits per heavy atom. The Balaban J connectivity index is 1.28. The van der Waals surface area contributed by atoms with Crippen LogP contribution in [0.4, 0.5) is 5.95 Å². The van der Waals surface area contributed by atoms with Crippen molar-refractivity contribution < 1.29 is 4.74 Å². The molecule has 0 amide bonds. The molecular formula is C21H25ClN6O. The van der Waals surface area contributed by atoms with Gasteiger partial charge in [0.15, 0.2) is 0 Å². The lowest BCUT2D eigenvalue weighted by atomic mass is 10.00. The number of aromatic nitrogens is 4. The minimum absolute atomic E-state index is 0.355. The summed E-state index contributed by atoms with van der Waals surface area (Å²) in [5.74, 6) is 1.39. The highest BCUT2D eigenvalue weighted by molar-refractivity contribution is 6.33. The van der Waals surface area contributed by atoms with Gasteiger partial charge in [0, 0.05) is 62.2 Å². The fraction of sp³-hybridized carbons (Fsp3) is 0.476. The van der Waals surface area contributed by atoms with Crippen LogP contribution in [-0.2, 0) is 4.74 Å². The number of rotatable bonds is 5. The van der Waals surface area contributed by atoms with Crippen LogP contribution in [0.25, 0.3) is 22.3 Å². The number of aromatic amines is 1. The Morgan fingerprint density at radius 2 is 2.14 bits per heavy atom. The van der Waals surface area contributed by atoms with Gasteiger partial charge in [0.25, 0.3) is 0 Å². The topological polar surface area (TPSA) is 79.0 Å². The average molecular weight is 413 g/mol. The number of nitrogens with zero attached hydrogens (tertiary/aromatic N) is 4. The number of nitrogens with one attached hydrogen (secondary N) is 2. The van der Waals surface area contributed by atoms with Crippen LogP contribution in [0.2, 0.25) is 5.02 Å². The molecule has 2 saturated heterocycles. The van der Waals surface area contributed by atoms with E-state index in [1.54, 1.807) is 12.4 Å². The third kappa shape index (κ3) is 4.08. The normalized spacial score (nSPS) is 21.1. The highest BCUT2D eigenvalue weighted by Gasteiger charge is 2.26. The second-order valence-corrected chi connectivity index (χ2v) is 8.34. The molecule has 5 heterocycles. The van der Waals surface area contributed by atoms with Gasteiger partial charge < -0.3 is 19.9 Å². The molecule has 7 nitrogen and oxygen atoms in total. The highest BCUT2D eigenvalue weighted by atomic mass is 35.5. The third-order valence-electron chi connectivity index (χ3n) is 5.91. The molecule has 0 aliphatic carbocycles. The maximum Gasteiger partial charge on any atom is 0.223 e. The SMILES string of the molecule is Clc1cnc(N[C@@H]2CCN(CC3CCOCC3)C2)nc1-c1c[nH]c2ncccc12. The van der Waals surface area contributed by atoms with E-state index in [1.165, 1.54) is 12.8 Å². The van der Waals surface area contributed by atoms with E-state index in [4.69, 9.17) is 21.3 Å². The number of anilines is 1. The second-order valence-electron chi connectivity index (χ2n) is 7.94. The minimum atomic E-state index is 0.355. The van der Waals surface area contributed by atoms with Crippen LogP contribution >= 0.6 is 11.6 Å². The molecule has 8 heteroatoms. The molecule has 3 aromatic heterocycles. The number of H-pyrrole nitrogens is 1. The second kappa shape index (κ2) is 8.26. The number of hydrogen-bond donors (Lipinski definition) is 2. The number of hydrogen-bond acceptors (Lipinski definition) is 6. The molecule has 152 valence electrons. The molecule has 0 aromatic carbocycles. The van der Waals surface area contributed by atoms with Gasteiger partial charge in [-0.2, -0.15) is 0 Å². The Kier molecular flexibility index (Phi) is 5.35. The van der Waals surface area contributed by atoms with Gasteiger partial charge in [-0.1, -0.05) is 11.6 Å². The molecule has 0 spiro atoms. The molecule has 2 N–H and O–H groups in total. The van der Waals surface area contributed by atoms with E-state index in [-0.39, 0.29) is 0 Å². The molecule has 2 aliphatic rings. The number of ether oxygens (including phenoxy) is 1. The Labute approximate surface area is 174 Å². The van der Waals surface area contributed by atoms with Crippen LogP contribution in [0, 0.1) is 5.92 Å². The van der Waals surface area contributed by atoms with Crippen LogP contribution < -0.4 is 5.32 Å². The van der Waals surface area contributed by atoms with Gasteiger partial charge in [-0.15, -0.1) is 0 Å². The highest BCUT2D eigenvalue weighted by Crippen LogP contribution is 2.32. The summed E-state index contributed by atoms with van der Waals surface area (Å²) in [6.45, 7) is 5.12. The first kappa shape index (κ1) is 18.8. The van der Waals surface area contributed by atoms with Gasteiger partial charge in [-0.3, -0.25) is 0 Å². The molecule has 0 unspecified atom stereocenters. The number of halogens is 1. The van der Waals surface area contributed by atoms with E-state index in [0.29, 0.717) is 17.0 Å². The van der Waals surface area contributed by atoms with Crippen molar-refractivity contribution in [3.63, 3.8) is 0 Å². The maximum absolute atomic E-state index is 6.43. The van der Waals surface area contributed by atoms with E-state index in [9.17, 15) is 0 Å². The maximum atomic E-state index is 6.43. The molecule has 2 fully saturated rings. The van der Waals surface area contributed by atoms with E-state index in [2.05, 4.69) is 25.2 Å². The van der Waals surface area contributed by atoms with Gasteiger partial charge in [-0.05, 0) is 37.3 Å². The summed E-state index contributed by atoms with van der Waals surface area (Å²) in [6.07, 6.45) is 8.80. The summed E-state index contributed by atoms with van der Waals surface area (Å²) in [5.41, 5.74) is 2.49. The molecule has 29 heavy (non-hydrogen) atoms. The van der Waals surface area contributed by atoms with E-state index in [0.717, 1.165) is 67.5 Å². The molecule has 5 rings (SSSR count). The predicted molar refractivity (Wildman–Crippen MR) is 114 cm³/mol. The van der Waals surface area contributed by atoms with Gasteiger partial charge in [-0.25, -0.2) is 15.0 Å². The van der Waals surface area contributed by atoms with Crippen LogP contribution in [0.1, 0.15) is 19.3 Å². The van der Waals surface area contributed by atoms with E-state index >= 15 is 0 Å². The van der Waals surface area contributed by atoms with Crippen molar-refractivity contribution in [2.75, 3.05) is 38.2 Å². The smallest absolute Gasteiger partial charge is 0.223 e. The summed E-state index contributed by atoms with van der Waals surface area (Å²) < 4.78 is 5.48. The van der Waals surface area contributed by atoms with Crippen molar-refractivity contribution in [3.8, 4) is 11.3 Å². The molecule has 0 radical (unpaired) electrons. The van der Waals surface area contributed by atoms with Crippen molar-refractivity contribution in [2.45, 2.75) is 25.3 Å². The van der Waals surface area contributed by atoms with Crippen LogP contribution in [0.15, 0.2) is 30.7 Å². The van der Waals surface area contributed by atoms with Gasteiger partial charge in [0.2, 0.25) is 5.95 Å². The summed E-state index contributed by atoms with van der Waals surface area (Å²) in [6, 6.07) is 4.29. The summed E-state index contributed by atoms with van der Waals surface area (Å²) in [4.78, 5) is 19.2. The average Bonchev–Trinajstić information content (AvgIpc) is 3.37. The minimum Gasteiger partial charge on any atom is -0.381 e. The van der Waals surface area contributed by atoms with E-state index < -0.39 is 0 Å². The zero-order valence-electron chi connectivity index (χ0n) is 16.3. The first-order valence-electron chi connectivity index (χ1n) is 10.3. The van der Waals surface area contributed by atoms with Crippen LogP contribution in [-0.4, -0.2) is 63.7 Å². The molecule has 0 bridgehead atoms. The monoisotopic (exact) mass is 412 g/mol. The lowest BCUT2D eigenvalue weighted by molar-refractivity contribution is 0.0554. The summed E-state index contributed by atoms with van der Waals surface area (Å²) >= 11 is 6.43. The van der Waals surface area contributed by atoms with Gasteiger partial charge >= 0.3 is 0 Å². The molecule has 1 atom stereocenters. The summed E-state index contributed by atoms with van der Waals surface area (Å²) in [7, 11) is 0. The number of pyridine rings is 1. The van der Waals surface area contributed by atoms with Crippen molar-refractivity contribution in [1.29, 1.82) is 0 Å². The lowest BCUT2D eigenvalue weighted by Crippen LogP contribution is -2.33. The quantitative estimate of drug-likeness (QED) is 0.666. The molecule has 0 saturated carbocycles. The fourth-order valence-electron chi connectivity index (χ4n) is 4.37.